The molecule has 2 amide bonds. The van der Waals surface area contributed by atoms with Gasteiger partial charge >= 0.3 is 0 Å². The van der Waals surface area contributed by atoms with Crippen molar-refractivity contribution in [1.29, 1.82) is 0 Å². The molecule has 1 atom stereocenters. The van der Waals surface area contributed by atoms with Crippen LogP contribution in [0.4, 0.5) is 0 Å². The topological polar surface area (TPSA) is 91.2 Å². The maximum Gasteiger partial charge on any atom is 0.289 e. The van der Waals surface area contributed by atoms with E-state index in [4.69, 9.17) is 4.42 Å². The Balaban J connectivity index is 1.37. The number of carbonyl (C=O) groups is 2. The highest BCUT2D eigenvalue weighted by Crippen LogP contribution is 2.17. The van der Waals surface area contributed by atoms with Crippen LogP contribution in [0.1, 0.15) is 29.1 Å². The molecule has 1 aliphatic heterocycles. The average Bonchev–Trinajstić information content (AvgIpc) is 3.32. The Morgan fingerprint density at radius 2 is 2.15 bits per heavy atom. The van der Waals surface area contributed by atoms with E-state index >= 15 is 0 Å². The largest absolute Gasteiger partial charge is 0.459 e. The zero-order valence-electron chi connectivity index (χ0n) is 14.3. The van der Waals surface area contributed by atoms with Gasteiger partial charge in [0.05, 0.1) is 23.9 Å². The maximum atomic E-state index is 12.4. The van der Waals surface area contributed by atoms with Gasteiger partial charge in [-0.2, -0.15) is 5.10 Å². The Kier molecular flexibility index (Phi) is 4.43. The quantitative estimate of drug-likeness (QED) is 0.752. The van der Waals surface area contributed by atoms with Crippen LogP contribution in [0, 0.1) is 0 Å². The number of hydrogen-bond acceptors (Lipinski definition) is 4. The maximum absolute atomic E-state index is 12.4. The van der Waals surface area contributed by atoms with E-state index in [1.54, 1.807) is 17.0 Å². The monoisotopic (exact) mass is 352 g/mol. The van der Waals surface area contributed by atoms with Crippen molar-refractivity contribution in [3.05, 3.63) is 54.1 Å². The van der Waals surface area contributed by atoms with Gasteiger partial charge in [-0.15, -0.1) is 0 Å². The third-order valence-corrected chi connectivity index (χ3v) is 4.68. The summed E-state index contributed by atoms with van der Waals surface area (Å²) in [5, 5.41) is 11.2. The van der Waals surface area contributed by atoms with E-state index in [9.17, 15) is 9.59 Å². The molecule has 0 aliphatic carbocycles. The molecule has 3 aromatic rings. The number of hydrogen-bond donors (Lipinski definition) is 2. The number of aromatic nitrogens is 2. The first-order valence-corrected chi connectivity index (χ1v) is 8.75. The zero-order valence-corrected chi connectivity index (χ0v) is 14.3. The van der Waals surface area contributed by atoms with Crippen molar-refractivity contribution in [3.8, 4) is 0 Å². The van der Waals surface area contributed by atoms with Crippen LogP contribution in [0.3, 0.4) is 0 Å². The summed E-state index contributed by atoms with van der Waals surface area (Å²) in [6.07, 6.45) is 3.44. The molecule has 0 saturated carbocycles. The van der Waals surface area contributed by atoms with Gasteiger partial charge in [-0.1, -0.05) is 18.2 Å². The lowest BCUT2D eigenvalue weighted by atomic mass is 10.0. The summed E-state index contributed by atoms with van der Waals surface area (Å²) in [4.78, 5) is 26.6. The third kappa shape index (κ3) is 3.33. The second kappa shape index (κ2) is 7.03. The second-order valence-corrected chi connectivity index (χ2v) is 6.53. The Morgan fingerprint density at radius 1 is 1.27 bits per heavy atom. The highest BCUT2D eigenvalue weighted by Gasteiger charge is 2.26. The van der Waals surface area contributed by atoms with Crippen LogP contribution in [0.5, 0.6) is 0 Å². The molecule has 2 N–H and O–H groups in total. The number of H-pyrrole nitrogens is 1. The van der Waals surface area contributed by atoms with Gasteiger partial charge in [0.1, 0.15) is 0 Å². The molecule has 3 heterocycles. The SMILES string of the molecule is O=C(Cc1[nH]nc2ccccc12)N[C@@H]1CCCN(C(=O)c2ccco2)C1. The minimum Gasteiger partial charge on any atom is -0.459 e. The number of aromatic amines is 1. The van der Waals surface area contributed by atoms with Crippen LogP contribution in [-0.4, -0.2) is 46.0 Å². The van der Waals surface area contributed by atoms with E-state index in [-0.39, 0.29) is 24.3 Å². The predicted octanol–water partition coefficient (Wildman–Crippen LogP) is 2.12. The molecule has 1 fully saturated rings. The molecule has 26 heavy (non-hydrogen) atoms. The van der Waals surface area contributed by atoms with Gasteiger partial charge in [0.2, 0.25) is 5.91 Å². The van der Waals surface area contributed by atoms with Crippen LogP contribution in [0.25, 0.3) is 10.9 Å². The van der Waals surface area contributed by atoms with Crippen LogP contribution < -0.4 is 5.32 Å². The summed E-state index contributed by atoms with van der Waals surface area (Å²) in [5.41, 5.74) is 1.65. The van der Waals surface area contributed by atoms with E-state index in [1.807, 2.05) is 24.3 Å². The van der Waals surface area contributed by atoms with Gasteiger partial charge in [-0.05, 0) is 31.0 Å². The van der Waals surface area contributed by atoms with Crippen LogP contribution in [0.15, 0.2) is 47.1 Å². The molecule has 7 heteroatoms. The predicted molar refractivity (Wildman–Crippen MR) is 95.6 cm³/mol. The molecule has 2 aromatic heterocycles. The molecule has 0 spiro atoms. The molecule has 1 aromatic carbocycles. The lowest BCUT2D eigenvalue weighted by Gasteiger charge is -2.32. The van der Waals surface area contributed by atoms with Crippen molar-refractivity contribution in [2.45, 2.75) is 25.3 Å². The lowest BCUT2D eigenvalue weighted by molar-refractivity contribution is -0.121. The second-order valence-electron chi connectivity index (χ2n) is 6.53. The first-order chi connectivity index (χ1) is 12.7. The van der Waals surface area contributed by atoms with Crippen molar-refractivity contribution < 1.29 is 14.0 Å². The van der Waals surface area contributed by atoms with Crippen molar-refractivity contribution >= 4 is 22.7 Å². The molecule has 1 aliphatic rings. The zero-order chi connectivity index (χ0) is 17.9. The van der Waals surface area contributed by atoms with E-state index in [1.165, 1.54) is 6.26 Å². The number of fused-ring (bicyclic) bond motifs is 1. The molecule has 134 valence electrons. The fourth-order valence-corrected chi connectivity index (χ4v) is 3.42. The number of para-hydroxylation sites is 1. The van der Waals surface area contributed by atoms with Gasteiger partial charge in [0.25, 0.3) is 5.91 Å². The fraction of sp³-hybridized carbons (Fsp3) is 0.316. The van der Waals surface area contributed by atoms with Crippen molar-refractivity contribution in [3.63, 3.8) is 0 Å². The minimum atomic E-state index is -0.131. The summed E-state index contributed by atoms with van der Waals surface area (Å²) < 4.78 is 5.19. The number of rotatable bonds is 4. The van der Waals surface area contributed by atoms with Crippen LogP contribution in [-0.2, 0) is 11.2 Å². The molecular formula is C19H20N4O3. The van der Waals surface area contributed by atoms with Crippen molar-refractivity contribution in [2.24, 2.45) is 0 Å². The first kappa shape index (κ1) is 16.4. The van der Waals surface area contributed by atoms with E-state index in [2.05, 4.69) is 15.5 Å². The fourth-order valence-electron chi connectivity index (χ4n) is 3.42. The Hall–Kier alpha value is -3.09. The number of carbonyl (C=O) groups excluding carboxylic acids is 2. The van der Waals surface area contributed by atoms with Crippen molar-refractivity contribution in [1.82, 2.24) is 20.4 Å². The highest BCUT2D eigenvalue weighted by atomic mass is 16.3. The number of nitrogens with one attached hydrogen (secondary N) is 2. The lowest BCUT2D eigenvalue weighted by Crippen LogP contribution is -2.49. The number of amides is 2. The third-order valence-electron chi connectivity index (χ3n) is 4.68. The van der Waals surface area contributed by atoms with E-state index in [0.29, 0.717) is 18.8 Å². The minimum absolute atomic E-state index is 0.0515. The Labute approximate surface area is 150 Å². The van der Waals surface area contributed by atoms with Crippen LogP contribution >= 0.6 is 0 Å². The molecule has 4 rings (SSSR count). The summed E-state index contributed by atoms with van der Waals surface area (Å²) in [7, 11) is 0. The van der Waals surface area contributed by atoms with Crippen LogP contribution in [0.2, 0.25) is 0 Å². The molecule has 1 saturated heterocycles. The molecule has 0 radical (unpaired) electrons. The number of nitrogens with zero attached hydrogens (tertiary/aromatic N) is 2. The van der Waals surface area contributed by atoms with E-state index in [0.717, 1.165) is 29.4 Å². The highest BCUT2D eigenvalue weighted by molar-refractivity contribution is 5.91. The van der Waals surface area contributed by atoms with Crippen molar-refractivity contribution in [2.75, 3.05) is 13.1 Å². The summed E-state index contributed by atoms with van der Waals surface area (Å²) >= 11 is 0. The number of furan rings is 1. The van der Waals surface area contributed by atoms with Gasteiger partial charge < -0.3 is 14.6 Å². The normalized spacial score (nSPS) is 17.4. The number of likely N-dealkylation sites (tertiary alicyclic amines) is 1. The average molecular weight is 352 g/mol. The van der Waals surface area contributed by atoms with Gasteiger partial charge in [-0.25, -0.2) is 0 Å². The molecule has 0 bridgehead atoms. The summed E-state index contributed by atoms with van der Waals surface area (Å²) in [6.45, 7) is 1.17. The first-order valence-electron chi connectivity index (χ1n) is 8.75. The number of piperidine rings is 1. The smallest absolute Gasteiger partial charge is 0.289 e. The Morgan fingerprint density at radius 3 is 3.00 bits per heavy atom. The number of benzene rings is 1. The van der Waals surface area contributed by atoms with Gasteiger partial charge in [0, 0.05) is 24.5 Å². The Bertz CT molecular complexity index is 916. The van der Waals surface area contributed by atoms with Gasteiger partial charge in [0.15, 0.2) is 5.76 Å². The molecular weight excluding hydrogens is 332 g/mol. The molecule has 0 unspecified atom stereocenters. The standard InChI is InChI=1S/C19H20N4O3/c24-18(11-16-14-6-1-2-7-15(14)21-22-16)20-13-5-3-9-23(12-13)19(25)17-8-4-10-26-17/h1-2,4,6-8,10,13H,3,5,9,11-12H2,(H,20,24)(H,21,22)/t13-/m1/s1. The molecule has 7 nitrogen and oxygen atoms in total. The van der Waals surface area contributed by atoms with E-state index < -0.39 is 0 Å². The van der Waals surface area contributed by atoms with Gasteiger partial charge in [-0.3, -0.25) is 14.7 Å². The summed E-state index contributed by atoms with van der Waals surface area (Å²) in [5.74, 6) is 0.131. The summed E-state index contributed by atoms with van der Waals surface area (Å²) in [6, 6.07) is 11.0.